The zero-order chi connectivity index (χ0) is 23.0. The molecule has 32 heavy (non-hydrogen) atoms. The topological polar surface area (TPSA) is 109 Å². The molecular weight excluding hydrogens is 448 g/mol. The summed E-state index contributed by atoms with van der Waals surface area (Å²) in [6, 6.07) is 21.8. The fraction of sp³-hybridized carbons (Fsp3) is 0.0909. The van der Waals surface area contributed by atoms with Crippen LogP contribution in [0.5, 0.6) is 5.75 Å². The van der Waals surface area contributed by atoms with Crippen LogP contribution < -0.4 is 25.6 Å². The average molecular weight is 471 g/mol. The normalized spacial score (nSPS) is 10.7. The highest BCUT2D eigenvalue weighted by molar-refractivity contribution is 7.92. The Kier molecular flexibility index (Phi) is 7.63. The molecule has 0 aliphatic heterocycles. The minimum absolute atomic E-state index is 0.0502. The molecule has 4 N–H and O–H groups in total. The van der Waals surface area contributed by atoms with Crippen LogP contribution in [-0.4, -0.2) is 26.5 Å². The maximum absolute atomic E-state index is 12.7. The lowest BCUT2D eigenvalue weighted by Crippen LogP contribution is -2.46. The van der Waals surface area contributed by atoms with Gasteiger partial charge in [0.15, 0.2) is 5.11 Å². The van der Waals surface area contributed by atoms with Crippen molar-refractivity contribution in [3.63, 3.8) is 0 Å². The second kappa shape index (κ2) is 10.6. The van der Waals surface area contributed by atoms with Crippen molar-refractivity contribution >= 4 is 38.9 Å². The number of amides is 1. The third-order valence-corrected chi connectivity index (χ3v) is 5.96. The molecule has 0 aliphatic rings. The van der Waals surface area contributed by atoms with E-state index in [4.69, 9.17) is 17.0 Å². The van der Waals surface area contributed by atoms with Crippen LogP contribution >= 0.6 is 12.2 Å². The number of rotatable bonds is 7. The molecule has 0 spiro atoms. The molecule has 8 nitrogen and oxygen atoms in total. The van der Waals surface area contributed by atoms with E-state index in [2.05, 4.69) is 20.9 Å². The van der Waals surface area contributed by atoms with Gasteiger partial charge in [0.05, 0.1) is 12.0 Å². The summed E-state index contributed by atoms with van der Waals surface area (Å²) in [5, 5.41) is 3.20. The Morgan fingerprint density at radius 1 is 0.938 bits per heavy atom. The van der Waals surface area contributed by atoms with Crippen LogP contribution in [0.4, 0.5) is 5.69 Å². The molecule has 0 unspecified atom stereocenters. The van der Waals surface area contributed by atoms with Crippen molar-refractivity contribution < 1.29 is 17.9 Å². The lowest BCUT2D eigenvalue weighted by molar-refractivity contribution is 0.0943. The largest absolute Gasteiger partial charge is 0.497 e. The first-order valence-electron chi connectivity index (χ1n) is 9.52. The van der Waals surface area contributed by atoms with Crippen LogP contribution in [0.1, 0.15) is 15.9 Å². The summed E-state index contributed by atoms with van der Waals surface area (Å²) >= 11 is 5.15. The molecule has 0 heterocycles. The summed E-state index contributed by atoms with van der Waals surface area (Å²) in [6.07, 6.45) is 0. The predicted molar refractivity (Wildman–Crippen MR) is 127 cm³/mol. The highest BCUT2D eigenvalue weighted by Gasteiger charge is 2.17. The fourth-order valence-corrected chi connectivity index (χ4v) is 3.91. The number of hydrogen-bond donors (Lipinski definition) is 4. The summed E-state index contributed by atoms with van der Waals surface area (Å²) in [4.78, 5) is 12.4. The van der Waals surface area contributed by atoms with E-state index in [9.17, 15) is 13.2 Å². The highest BCUT2D eigenvalue weighted by Crippen LogP contribution is 2.20. The van der Waals surface area contributed by atoms with E-state index >= 15 is 0 Å². The lowest BCUT2D eigenvalue weighted by Gasteiger charge is -2.13. The number of benzene rings is 3. The summed E-state index contributed by atoms with van der Waals surface area (Å²) in [5.41, 5.74) is 6.62. The van der Waals surface area contributed by atoms with Gasteiger partial charge < -0.3 is 10.1 Å². The van der Waals surface area contributed by atoms with Gasteiger partial charge in [-0.05, 0) is 60.2 Å². The molecule has 3 aromatic carbocycles. The minimum Gasteiger partial charge on any atom is -0.497 e. The lowest BCUT2D eigenvalue weighted by atomic mass is 10.2. The van der Waals surface area contributed by atoms with Gasteiger partial charge in [-0.1, -0.05) is 36.4 Å². The second-order valence-electron chi connectivity index (χ2n) is 6.61. The standard InChI is InChI=1S/C22H22N4O4S2/c1-30-19-12-10-18(11-13-19)26-32(28,29)20-9-5-8-17(14-20)21(27)24-25-22(31)23-15-16-6-3-2-4-7-16/h2-14,26H,15H2,1H3,(H,24,27)(H2,23,25,31). The number of nitrogens with one attached hydrogen (secondary N) is 4. The van der Waals surface area contributed by atoms with Gasteiger partial charge in [-0.25, -0.2) is 8.42 Å². The van der Waals surface area contributed by atoms with Crippen molar-refractivity contribution in [2.24, 2.45) is 0 Å². The molecular formula is C22H22N4O4S2. The number of ether oxygens (including phenoxy) is 1. The molecule has 3 aromatic rings. The summed E-state index contributed by atoms with van der Waals surface area (Å²) in [6.45, 7) is 0.493. The Morgan fingerprint density at radius 2 is 1.66 bits per heavy atom. The maximum Gasteiger partial charge on any atom is 0.269 e. The Hall–Kier alpha value is -3.63. The minimum atomic E-state index is -3.89. The number of carbonyl (C=O) groups excluding carboxylic acids is 1. The van der Waals surface area contributed by atoms with Gasteiger partial charge >= 0.3 is 0 Å². The second-order valence-corrected chi connectivity index (χ2v) is 8.70. The Labute approximate surface area is 192 Å². The van der Waals surface area contributed by atoms with E-state index in [0.717, 1.165) is 5.56 Å². The number of thiocarbonyl (C=S) groups is 1. The SMILES string of the molecule is COc1ccc(NS(=O)(=O)c2cccc(C(=O)NNC(=S)NCc3ccccc3)c2)cc1. The number of carbonyl (C=O) groups is 1. The number of methoxy groups -OCH3 is 1. The number of sulfonamides is 1. The summed E-state index contributed by atoms with van der Waals surface area (Å²) in [7, 11) is -2.36. The molecule has 0 bridgehead atoms. The van der Waals surface area contributed by atoms with Crippen LogP contribution in [0.25, 0.3) is 0 Å². The van der Waals surface area contributed by atoms with Gasteiger partial charge in [-0.15, -0.1) is 0 Å². The Balaban J connectivity index is 1.59. The maximum atomic E-state index is 12.7. The quantitative estimate of drug-likeness (QED) is 0.311. The molecule has 3 rings (SSSR count). The van der Waals surface area contributed by atoms with Gasteiger partial charge in [0.2, 0.25) is 0 Å². The molecule has 10 heteroatoms. The number of hydrogen-bond acceptors (Lipinski definition) is 5. The zero-order valence-electron chi connectivity index (χ0n) is 17.2. The van der Waals surface area contributed by atoms with Gasteiger partial charge in [0.1, 0.15) is 5.75 Å². The first kappa shape index (κ1) is 23.0. The molecule has 0 saturated heterocycles. The van der Waals surface area contributed by atoms with E-state index in [1.807, 2.05) is 30.3 Å². The van der Waals surface area contributed by atoms with Crippen molar-refractivity contribution in [1.29, 1.82) is 0 Å². The predicted octanol–water partition coefficient (Wildman–Crippen LogP) is 2.81. The number of hydrazine groups is 1. The van der Waals surface area contributed by atoms with Crippen LogP contribution in [0.3, 0.4) is 0 Å². The first-order chi connectivity index (χ1) is 15.4. The van der Waals surface area contributed by atoms with E-state index < -0.39 is 15.9 Å². The molecule has 166 valence electrons. The van der Waals surface area contributed by atoms with Crippen molar-refractivity contribution in [2.75, 3.05) is 11.8 Å². The van der Waals surface area contributed by atoms with Crippen molar-refractivity contribution in [2.45, 2.75) is 11.4 Å². The molecule has 1 amide bonds. The van der Waals surface area contributed by atoms with Crippen molar-refractivity contribution in [3.8, 4) is 5.75 Å². The molecule has 0 aliphatic carbocycles. The molecule has 0 saturated carbocycles. The molecule has 0 fully saturated rings. The van der Waals surface area contributed by atoms with E-state index in [1.54, 1.807) is 24.3 Å². The monoisotopic (exact) mass is 470 g/mol. The van der Waals surface area contributed by atoms with Crippen LogP contribution in [-0.2, 0) is 16.6 Å². The van der Waals surface area contributed by atoms with E-state index in [-0.39, 0.29) is 15.6 Å². The molecule has 0 atom stereocenters. The number of anilines is 1. The van der Waals surface area contributed by atoms with Crippen LogP contribution in [0.15, 0.2) is 83.8 Å². The highest BCUT2D eigenvalue weighted by atomic mass is 32.2. The van der Waals surface area contributed by atoms with Gasteiger partial charge in [0.25, 0.3) is 15.9 Å². The van der Waals surface area contributed by atoms with Gasteiger partial charge in [0, 0.05) is 17.8 Å². The van der Waals surface area contributed by atoms with E-state index in [1.165, 1.54) is 31.4 Å². The molecule has 0 radical (unpaired) electrons. The van der Waals surface area contributed by atoms with Crippen molar-refractivity contribution in [1.82, 2.24) is 16.2 Å². The Morgan fingerprint density at radius 3 is 2.34 bits per heavy atom. The fourth-order valence-electron chi connectivity index (χ4n) is 2.69. The van der Waals surface area contributed by atoms with Crippen molar-refractivity contribution in [3.05, 3.63) is 90.0 Å². The van der Waals surface area contributed by atoms with Crippen LogP contribution in [0.2, 0.25) is 0 Å². The van der Waals surface area contributed by atoms with Gasteiger partial charge in [-0.2, -0.15) is 0 Å². The zero-order valence-corrected chi connectivity index (χ0v) is 18.8. The van der Waals surface area contributed by atoms with Gasteiger partial charge in [-0.3, -0.25) is 20.4 Å². The average Bonchev–Trinajstić information content (AvgIpc) is 2.82. The first-order valence-corrected chi connectivity index (χ1v) is 11.4. The smallest absolute Gasteiger partial charge is 0.269 e. The summed E-state index contributed by atoms with van der Waals surface area (Å²) in [5.74, 6) is 0.0747. The third-order valence-electron chi connectivity index (χ3n) is 4.33. The molecule has 0 aromatic heterocycles. The summed E-state index contributed by atoms with van der Waals surface area (Å²) < 4.78 is 32.9. The third kappa shape index (κ3) is 6.43. The van der Waals surface area contributed by atoms with Crippen LogP contribution in [0, 0.1) is 0 Å². The Bertz CT molecular complexity index is 1180. The van der Waals surface area contributed by atoms with E-state index in [0.29, 0.717) is 18.0 Å².